The molecule has 0 bridgehead atoms. The maximum absolute atomic E-state index is 2.69. The lowest BCUT2D eigenvalue weighted by molar-refractivity contribution is 0.0523. The van der Waals surface area contributed by atoms with Crippen LogP contribution in [0.25, 0.3) is 0 Å². The van der Waals surface area contributed by atoms with Crippen molar-refractivity contribution in [2.75, 3.05) is 45.8 Å². The van der Waals surface area contributed by atoms with Crippen LogP contribution in [0.15, 0.2) is 0 Å². The Morgan fingerprint density at radius 1 is 0.682 bits per heavy atom. The number of nitrogens with zero attached hydrogens (tertiary/aromatic N) is 3. The first-order chi connectivity index (χ1) is 10.2. The Hall–Kier alpha value is -0.120. The SMILES string of the molecule is CC(C)(C)N1CCC(CCN2CCN(C(C)(C)C)CC2)CC1. The van der Waals surface area contributed by atoms with E-state index in [0.29, 0.717) is 11.1 Å². The quantitative estimate of drug-likeness (QED) is 0.792. The van der Waals surface area contributed by atoms with E-state index in [1.165, 1.54) is 65.1 Å². The van der Waals surface area contributed by atoms with Gasteiger partial charge in [-0.05, 0) is 86.4 Å². The molecule has 2 fully saturated rings. The van der Waals surface area contributed by atoms with Crippen molar-refractivity contribution in [1.29, 1.82) is 0 Å². The number of likely N-dealkylation sites (tertiary alicyclic amines) is 1. The molecule has 2 saturated heterocycles. The minimum atomic E-state index is 0.339. The molecule has 0 N–H and O–H groups in total. The molecule has 0 radical (unpaired) electrons. The van der Waals surface area contributed by atoms with E-state index in [1.54, 1.807) is 0 Å². The van der Waals surface area contributed by atoms with Crippen LogP contribution in [0.4, 0.5) is 0 Å². The summed E-state index contributed by atoms with van der Waals surface area (Å²) < 4.78 is 0. The molecule has 0 atom stereocenters. The molecule has 0 saturated carbocycles. The third kappa shape index (κ3) is 5.21. The van der Waals surface area contributed by atoms with Gasteiger partial charge in [0.1, 0.15) is 0 Å². The molecule has 2 aliphatic rings. The van der Waals surface area contributed by atoms with E-state index < -0.39 is 0 Å². The van der Waals surface area contributed by atoms with Crippen LogP contribution in [-0.4, -0.2) is 71.6 Å². The predicted molar refractivity (Wildman–Crippen MR) is 96.4 cm³/mol. The lowest BCUT2D eigenvalue weighted by Crippen LogP contribution is -2.53. The van der Waals surface area contributed by atoms with Gasteiger partial charge in [-0.2, -0.15) is 0 Å². The lowest BCUT2D eigenvalue weighted by Gasteiger charge is -2.43. The minimum absolute atomic E-state index is 0.339. The molecule has 0 unspecified atom stereocenters. The first-order valence-corrected chi connectivity index (χ1v) is 9.39. The van der Waals surface area contributed by atoms with Crippen molar-refractivity contribution in [2.24, 2.45) is 5.92 Å². The van der Waals surface area contributed by atoms with Gasteiger partial charge in [0.25, 0.3) is 0 Å². The fourth-order valence-corrected chi connectivity index (χ4v) is 3.90. The Balaban J connectivity index is 1.64. The highest BCUT2D eigenvalue weighted by molar-refractivity contribution is 4.84. The minimum Gasteiger partial charge on any atom is -0.301 e. The Bertz CT molecular complexity index is 290. The topological polar surface area (TPSA) is 9.72 Å². The fourth-order valence-electron chi connectivity index (χ4n) is 3.90. The summed E-state index contributed by atoms with van der Waals surface area (Å²) in [6.07, 6.45) is 4.21. The Labute approximate surface area is 139 Å². The smallest absolute Gasteiger partial charge is 0.0126 e. The maximum Gasteiger partial charge on any atom is 0.0126 e. The van der Waals surface area contributed by atoms with Crippen molar-refractivity contribution in [1.82, 2.24) is 14.7 Å². The molecular formula is C19H39N3. The normalized spacial score (nSPS) is 24.8. The van der Waals surface area contributed by atoms with Gasteiger partial charge in [-0.25, -0.2) is 0 Å². The molecule has 0 spiro atoms. The average Bonchev–Trinajstić information content (AvgIpc) is 2.44. The van der Waals surface area contributed by atoms with Crippen molar-refractivity contribution in [2.45, 2.75) is 71.9 Å². The van der Waals surface area contributed by atoms with Gasteiger partial charge in [-0.1, -0.05) is 0 Å². The predicted octanol–water partition coefficient (Wildman–Crippen LogP) is 3.30. The molecule has 0 aromatic carbocycles. The van der Waals surface area contributed by atoms with Crippen LogP contribution in [0, 0.1) is 5.92 Å². The molecule has 3 nitrogen and oxygen atoms in total. The van der Waals surface area contributed by atoms with Crippen molar-refractivity contribution in [3.63, 3.8) is 0 Å². The standard InChI is InChI=1S/C19H39N3/c1-18(2,3)21-11-8-17(9-12-21)7-10-20-13-15-22(16-14-20)19(4,5)6/h17H,7-16H2,1-6H3. The van der Waals surface area contributed by atoms with Crippen molar-refractivity contribution in [3.8, 4) is 0 Å². The van der Waals surface area contributed by atoms with E-state index in [4.69, 9.17) is 0 Å². The van der Waals surface area contributed by atoms with Gasteiger partial charge in [0.2, 0.25) is 0 Å². The molecule has 130 valence electrons. The van der Waals surface area contributed by atoms with Crippen LogP contribution in [-0.2, 0) is 0 Å². The van der Waals surface area contributed by atoms with E-state index in [9.17, 15) is 0 Å². The summed E-state index contributed by atoms with van der Waals surface area (Å²) in [4.78, 5) is 7.98. The van der Waals surface area contributed by atoms with Crippen LogP contribution >= 0.6 is 0 Å². The molecule has 22 heavy (non-hydrogen) atoms. The van der Waals surface area contributed by atoms with Crippen molar-refractivity contribution < 1.29 is 0 Å². The van der Waals surface area contributed by atoms with E-state index in [0.717, 1.165) is 5.92 Å². The maximum atomic E-state index is 2.69. The van der Waals surface area contributed by atoms with E-state index >= 15 is 0 Å². The first-order valence-electron chi connectivity index (χ1n) is 9.39. The third-order valence-electron chi connectivity index (χ3n) is 5.74. The van der Waals surface area contributed by atoms with E-state index in [1.807, 2.05) is 0 Å². The number of piperazine rings is 1. The lowest BCUT2D eigenvalue weighted by atomic mass is 9.90. The van der Waals surface area contributed by atoms with Crippen LogP contribution in [0.2, 0.25) is 0 Å². The second kappa shape index (κ2) is 7.19. The number of hydrogen-bond donors (Lipinski definition) is 0. The summed E-state index contributed by atoms with van der Waals surface area (Å²) in [5.74, 6) is 0.958. The van der Waals surface area contributed by atoms with Gasteiger partial charge in [-0.3, -0.25) is 9.80 Å². The third-order valence-corrected chi connectivity index (χ3v) is 5.74. The van der Waals surface area contributed by atoms with Crippen LogP contribution in [0.3, 0.4) is 0 Å². The highest BCUT2D eigenvalue weighted by atomic mass is 15.3. The summed E-state index contributed by atoms with van der Waals surface area (Å²) in [7, 11) is 0. The summed E-state index contributed by atoms with van der Waals surface area (Å²) in [6.45, 7) is 23.0. The Morgan fingerprint density at radius 3 is 1.59 bits per heavy atom. The molecule has 0 amide bonds. The zero-order valence-electron chi connectivity index (χ0n) is 16.0. The summed E-state index contributed by atoms with van der Waals surface area (Å²) in [6, 6.07) is 0. The van der Waals surface area contributed by atoms with Crippen LogP contribution < -0.4 is 0 Å². The Morgan fingerprint density at radius 2 is 1.14 bits per heavy atom. The highest BCUT2D eigenvalue weighted by Gasteiger charge is 2.28. The molecule has 0 aromatic heterocycles. The number of piperidine rings is 1. The van der Waals surface area contributed by atoms with Gasteiger partial charge in [-0.15, -0.1) is 0 Å². The van der Waals surface area contributed by atoms with Crippen molar-refractivity contribution >= 4 is 0 Å². The highest BCUT2D eigenvalue weighted by Crippen LogP contribution is 2.26. The monoisotopic (exact) mass is 309 g/mol. The first kappa shape index (κ1) is 18.2. The summed E-state index contributed by atoms with van der Waals surface area (Å²) in [5.41, 5.74) is 0.695. The van der Waals surface area contributed by atoms with Crippen LogP contribution in [0.5, 0.6) is 0 Å². The molecule has 2 rings (SSSR count). The summed E-state index contributed by atoms with van der Waals surface area (Å²) in [5, 5.41) is 0. The zero-order chi connectivity index (χ0) is 16.4. The van der Waals surface area contributed by atoms with Gasteiger partial charge < -0.3 is 4.90 Å². The van der Waals surface area contributed by atoms with E-state index in [-0.39, 0.29) is 0 Å². The summed E-state index contributed by atoms with van der Waals surface area (Å²) >= 11 is 0. The largest absolute Gasteiger partial charge is 0.301 e. The van der Waals surface area contributed by atoms with Gasteiger partial charge in [0.05, 0.1) is 0 Å². The van der Waals surface area contributed by atoms with Gasteiger partial charge >= 0.3 is 0 Å². The number of rotatable bonds is 3. The molecule has 2 aliphatic heterocycles. The molecule has 2 heterocycles. The van der Waals surface area contributed by atoms with E-state index in [2.05, 4.69) is 56.2 Å². The van der Waals surface area contributed by atoms with Crippen molar-refractivity contribution in [3.05, 3.63) is 0 Å². The second-order valence-electron chi connectivity index (χ2n) is 9.39. The van der Waals surface area contributed by atoms with Gasteiger partial charge in [0, 0.05) is 37.3 Å². The van der Waals surface area contributed by atoms with Crippen LogP contribution in [0.1, 0.15) is 60.8 Å². The zero-order valence-corrected chi connectivity index (χ0v) is 16.0. The molecular weight excluding hydrogens is 270 g/mol. The van der Waals surface area contributed by atoms with Gasteiger partial charge in [0.15, 0.2) is 0 Å². The second-order valence-corrected chi connectivity index (χ2v) is 9.39. The molecule has 0 aromatic rings. The average molecular weight is 310 g/mol. The molecule has 0 aliphatic carbocycles. The molecule has 3 heteroatoms. The fraction of sp³-hybridized carbons (Fsp3) is 1.00. The Kier molecular flexibility index (Phi) is 5.95. The number of hydrogen-bond acceptors (Lipinski definition) is 3.